The summed E-state index contributed by atoms with van der Waals surface area (Å²) in [7, 11) is 0. The number of hydrogen-bond donors (Lipinski definition) is 4. The molecule has 6 heteroatoms. The van der Waals surface area contributed by atoms with Crippen molar-refractivity contribution in [2.45, 2.75) is 31.2 Å². The predicted octanol–water partition coefficient (Wildman–Crippen LogP) is 4.75. The van der Waals surface area contributed by atoms with Gasteiger partial charge in [-0.15, -0.1) is 0 Å². The van der Waals surface area contributed by atoms with Crippen LogP contribution in [-0.4, -0.2) is 11.2 Å². The summed E-state index contributed by atoms with van der Waals surface area (Å²) in [5, 5.41) is 12.4. The van der Waals surface area contributed by atoms with Gasteiger partial charge < -0.3 is 22.2 Å². The first-order chi connectivity index (χ1) is 13.6. The topological polar surface area (TPSA) is 101 Å². The van der Waals surface area contributed by atoms with Crippen molar-refractivity contribution >= 4 is 44.3 Å². The van der Waals surface area contributed by atoms with Gasteiger partial charge in [-0.2, -0.15) is 0 Å². The Morgan fingerprint density at radius 2 is 2.00 bits per heavy atom. The Balaban J connectivity index is 1.53. The molecule has 5 nitrogen and oxygen atoms in total. The standard InChI is InChI=1S/C22H23N5S/c23-9-13-14(24)4-6-16-20(13)18-10-1-2-11(7-10)19(18)21(26-16)12-3-5-15-17(8-12)28-22(25)27-15/h3-6,8-11,18-19,21,23,26H,1-2,7,24H2,(H2,25,27). The molecule has 6 rings (SSSR count). The lowest BCUT2D eigenvalue weighted by atomic mass is 9.67. The molecule has 0 amide bonds. The number of fused-ring (bicyclic) bond motifs is 8. The largest absolute Gasteiger partial charge is 0.398 e. The van der Waals surface area contributed by atoms with Crippen LogP contribution in [0.3, 0.4) is 0 Å². The van der Waals surface area contributed by atoms with Gasteiger partial charge in [0.05, 0.1) is 16.3 Å². The van der Waals surface area contributed by atoms with Gasteiger partial charge in [0.25, 0.3) is 0 Å². The maximum Gasteiger partial charge on any atom is 0.181 e. The van der Waals surface area contributed by atoms with Crippen LogP contribution in [0.25, 0.3) is 10.2 Å². The lowest BCUT2D eigenvalue weighted by molar-refractivity contribution is 0.247. The summed E-state index contributed by atoms with van der Waals surface area (Å²) in [6.07, 6.45) is 5.37. The van der Waals surface area contributed by atoms with Gasteiger partial charge in [0, 0.05) is 23.2 Å². The van der Waals surface area contributed by atoms with E-state index in [1.165, 1.54) is 36.6 Å². The summed E-state index contributed by atoms with van der Waals surface area (Å²) >= 11 is 1.56. The minimum atomic E-state index is 0.280. The summed E-state index contributed by atoms with van der Waals surface area (Å²) in [6, 6.07) is 10.9. The number of nitrogens with two attached hydrogens (primary N) is 2. The molecule has 1 aromatic heterocycles. The highest BCUT2D eigenvalue weighted by atomic mass is 32.1. The molecule has 5 atom stereocenters. The summed E-state index contributed by atoms with van der Waals surface area (Å²) in [5.74, 6) is 2.49. The second-order valence-corrected chi connectivity index (χ2v) is 9.57. The molecule has 2 heterocycles. The Kier molecular flexibility index (Phi) is 3.33. The first-order valence-corrected chi connectivity index (χ1v) is 10.8. The predicted molar refractivity (Wildman–Crippen MR) is 116 cm³/mol. The molecule has 3 aliphatic rings. The van der Waals surface area contributed by atoms with Crippen molar-refractivity contribution in [2.75, 3.05) is 16.8 Å². The molecule has 2 saturated carbocycles. The highest BCUT2D eigenvalue weighted by Crippen LogP contribution is 2.64. The Morgan fingerprint density at radius 3 is 2.86 bits per heavy atom. The Labute approximate surface area is 167 Å². The maximum absolute atomic E-state index is 7.97. The Hall–Kier alpha value is -2.60. The first-order valence-electron chi connectivity index (χ1n) is 9.99. The second kappa shape index (κ2) is 5.70. The highest BCUT2D eigenvalue weighted by Gasteiger charge is 2.54. The van der Waals surface area contributed by atoms with Crippen LogP contribution in [0.5, 0.6) is 0 Å². The van der Waals surface area contributed by atoms with Crippen LogP contribution in [0.15, 0.2) is 30.3 Å². The van der Waals surface area contributed by atoms with Crippen LogP contribution in [-0.2, 0) is 0 Å². The molecule has 2 aromatic carbocycles. The van der Waals surface area contributed by atoms with E-state index in [2.05, 4.69) is 34.6 Å². The van der Waals surface area contributed by atoms with Gasteiger partial charge in [-0.3, -0.25) is 0 Å². The Bertz CT molecular complexity index is 1120. The number of nitrogens with zero attached hydrogens (tertiary/aromatic N) is 1. The third-order valence-electron chi connectivity index (χ3n) is 7.26. The number of rotatable bonds is 2. The van der Waals surface area contributed by atoms with Crippen LogP contribution in [0.2, 0.25) is 0 Å². The fraction of sp³-hybridized carbons (Fsp3) is 0.364. The van der Waals surface area contributed by atoms with Gasteiger partial charge in [-0.05, 0) is 78.3 Å². The molecule has 0 spiro atoms. The minimum absolute atomic E-state index is 0.280. The number of nitrogens with one attached hydrogen (secondary N) is 2. The molecule has 28 heavy (non-hydrogen) atoms. The third kappa shape index (κ3) is 2.12. The highest BCUT2D eigenvalue weighted by molar-refractivity contribution is 7.22. The van der Waals surface area contributed by atoms with Crippen LogP contribution in [0, 0.1) is 23.2 Å². The smallest absolute Gasteiger partial charge is 0.181 e. The zero-order valence-corrected chi connectivity index (χ0v) is 16.3. The average molecular weight is 390 g/mol. The second-order valence-electron chi connectivity index (χ2n) is 8.51. The van der Waals surface area contributed by atoms with Crippen LogP contribution in [0.4, 0.5) is 16.5 Å². The van der Waals surface area contributed by atoms with E-state index in [1.807, 2.05) is 6.07 Å². The van der Waals surface area contributed by atoms with E-state index < -0.39 is 0 Å². The SMILES string of the molecule is N=Cc1c(N)ccc2c1C1C3CCC(C3)C1C(c1ccc3nc(N)sc3c1)N2. The molecule has 0 radical (unpaired) electrons. The fourth-order valence-electron chi connectivity index (χ4n) is 6.26. The van der Waals surface area contributed by atoms with Gasteiger partial charge in [0.15, 0.2) is 5.13 Å². The van der Waals surface area contributed by atoms with Crippen molar-refractivity contribution in [3.8, 4) is 0 Å². The van der Waals surface area contributed by atoms with E-state index in [1.54, 1.807) is 11.3 Å². The van der Waals surface area contributed by atoms with Gasteiger partial charge in [-0.1, -0.05) is 17.4 Å². The van der Waals surface area contributed by atoms with Gasteiger partial charge in [0.1, 0.15) is 0 Å². The van der Waals surface area contributed by atoms with Gasteiger partial charge in [0.2, 0.25) is 0 Å². The van der Waals surface area contributed by atoms with Crippen LogP contribution < -0.4 is 16.8 Å². The maximum atomic E-state index is 7.97. The van der Waals surface area contributed by atoms with Crippen LogP contribution in [0.1, 0.15) is 47.9 Å². The molecule has 142 valence electrons. The molecule has 1 aliphatic heterocycles. The molecule has 0 saturated heterocycles. The molecule has 3 aromatic rings. The zero-order chi connectivity index (χ0) is 19.0. The van der Waals surface area contributed by atoms with E-state index in [0.29, 0.717) is 22.9 Å². The normalized spacial score (nSPS) is 30.1. The zero-order valence-electron chi connectivity index (χ0n) is 15.5. The number of anilines is 3. The van der Waals surface area contributed by atoms with Crippen molar-refractivity contribution in [1.29, 1.82) is 5.41 Å². The minimum Gasteiger partial charge on any atom is -0.398 e. The van der Waals surface area contributed by atoms with Crippen LogP contribution >= 0.6 is 11.3 Å². The first kappa shape index (κ1) is 16.4. The average Bonchev–Trinajstić information content (AvgIpc) is 3.40. The van der Waals surface area contributed by atoms with E-state index in [0.717, 1.165) is 33.1 Å². The molecule has 2 fully saturated rings. The van der Waals surface area contributed by atoms with E-state index in [-0.39, 0.29) is 6.04 Å². The summed E-state index contributed by atoms with van der Waals surface area (Å²) in [4.78, 5) is 4.41. The summed E-state index contributed by atoms with van der Waals surface area (Å²) in [5.41, 5.74) is 18.5. The van der Waals surface area contributed by atoms with Crippen molar-refractivity contribution in [3.05, 3.63) is 47.0 Å². The third-order valence-corrected chi connectivity index (χ3v) is 8.11. The quantitative estimate of drug-likeness (QED) is 0.375. The Morgan fingerprint density at radius 1 is 1.14 bits per heavy atom. The molecular formula is C22H23N5S. The number of thiazole rings is 1. The van der Waals surface area contributed by atoms with E-state index in [4.69, 9.17) is 16.9 Å². The number of benzene rings is 2. The van der Waals surface area contributed by atoms with Crippen molar-refractivity contribution < 1.29 is 0 Å². The number of nitrogen functional groups attached to an aromatic ring is 2. The van der Waals surface area contributed by atoms with Crippen molar-refractivity contribution in [2.24, 2.45) is 17.8 Å². The molecular weight excluding hydrogens is 366 g/mol. The number of aromatic nitrogens is 1. The fourth-order valence-corrected chi connectivity index (χ4v) is 7.05. The summed E-state index contributed by atoms with van der Waals surface area (Å²) in [6.45, 7) is 0. The molecule has 5 unspecified atom stereocenters. The van der Waals surface area contributed by atoms with Gasteiger partial charge >= 0.3 is 0 Å². The molecule has 6 N–H and O–H groups in total. The summed E-state index contributed by atoms with van der Waals surface area (Å²) < 4.78 is 1.15. The molecule has 2 aliphatic carbocycles. The van der Waals surface area contributed by atoms with Crippen molar-refractivity contribution in [1.82, 2.24) is 4.98 Å². The lowest BCUT2D eigenvalue weighted by Gasteiger charge is -2.44. The van der Waals surface area contributed by atoms with Crippen molar-refractivity contribution in [3.63, 3.8) is 0 Å². The van der Waals surface area contributed by atoms with E-state index >= 15 is 0 Å². The lowest BCUT2D eigenvalue weighted by Crippen LogP contribution is -2.36. The van der Waals surface area contributed by atoms with Gasteiger partial charge in [-0.25, -0.2) is 4.98 Å². The number of hydrogen-bond acceptors (Lipinski definition) is 6. The monoisotopic (exact) mass is 389 g/mol. The molecule has 2 bridgehead atoms. The van der Waals surface area contributed by atoms with E-state index in [9.17, 15) is 0 Å².